The number of rotatable bonds is 9. The summed E-state index contributed by atoms with van der Waals surface area (Å²) in [5.74, 6) is 6.07. The van der Waals surface area contributed by atoms with Crippen LogP contribution >= 0.6 is 0 Å². The van der Waals surface area contributed by atoms with Crippen LogP contribution in [0.1, 0.15) is 80.7 Å². The fourth-order valence-corrected chi connectivity index (χ4v) is 4.94. The van der Waals surface area contributed by atoms with Crippen molar-refractivity contribution >= 4 is 11.4 Å². The Kier molecular flexibility index (Phi) is 9.65. The molecule has 0 saturated heterocycles. The molecule has 1 aliphatic carbocycles. The second-order valence-corrected chi connectivity index (χ2v) is 9.92. The van der Waals surface area contributed by atoms with Gasteiger partial charge >= 0.3 is 0 Å². The van der Waals surface area contributed by atoms with E-state index < -0.39 is 11.6 Å². The Bertz CT molecular complexity index is 1340. The maximum Gasteiger partial charge on any atom is 0.145 e. The summed E-state index contributed by atoms with van der Waals surface area (Å²) in [6.45, 7) is 7.01. The number of aryl methyl sites for hydroxylation is 1. The lowest BCUT2D eigenvalue weighted by Gasteiger charge is -2.25. The smallest absolute Gasteiger partial charge is 0.145 e. The highest BCUT2D eigenvalue weighted by atomic mass is 19.1. The highest BCUT2D eigenvalue weighted by Gasteiger charge is 2.24. The van der Waals surface area contributed by atoms with Gasteiger partial charge in [0, 0.05) is 5.56 Å². The SMILES string of the molecule is CCCCOc1ccc(N=Nc2ccc(C#Cc3c(F)cc4c(c3F)CCC(CCC)C4)c(CC)c2)cc1. The normalized spacial score (nSPS) is 14.7. The quantitative estimate of drug-likeness (QED) is 0.159. The highest BCUT2D eigenvalue weighted by molar-refractivity contribution is 5.54. The lowest BCUT2D eigenvalue weighted by atomic mass is 9.81. The standard InChI is InChI=1S/C33H36F2N2O/c1-4-7-19-38-29-15-13-27(14-16-29)36-37-28-12-10-25(24(6-3)21-28)11-18-31-32(34)22-26-20-23(8-5-2)9-17-30(26)33(31)35/h10,12-16,21-23H,4-9,17,19-20H2,1-3H3. The molecule has 0 radical (unpaired) electrons. The Balaban J connectivity index is 1.50. The first kappa shape index (κ1) is 27.5. The predicted molar refractivity (Wildman–Crippen MR) is 150 cm³/mol. The molecule has 1 aliphatic rings. The van der Waals surface area contributed by atoms with Crippen LogP contribution in [-0.2, 0) is 19.3 Å². The van der Waals surface area contributed by atoms with E-state index in [1.54, 1.807) is 0 Å². The van der Waals surface area contributed by atoms with E-state index in [-0.39, 0.29) is 5.56 Å². The third-order valence-electron chi connectivity index (χ3n) is 7.10. The van der Waals surface area contributed by atoms with Crippen LogP contribution < -0.4 is 4.74 Å². The molecule has 0 saturated carbocycles. The Morgan fingerprint density at radius 3 is 2.42 bits per heavy atom. The molecule has 0 spiro atoms. The van der Waals surface area contributed by atoms with Crippen LogP contribution in [0.5, 0.6) is 5.75 Å². The summed E-state index contributed by atoms with van der Waals surface area (Å²) in [7, 11) is 0. The Morgan fingerprint density at radius 2 is 1.68 bits per heavy atom. The van der Waals surface area contributed by atoms with Crippen molar-refractivity contribution in [2.75, 3.05) is 6.61 Å². The van der Waals surface area contributed by atoms with Gasteiger partial charge in [-0.1, -0.05) is 51.9 Å². The van der Waals surface area contributed by atoms with Crippen molar-refractivity contribution < 1.29 is 13.5 Å². The minimum Gasteiger partial charge on any atom is -0.494 e. The van der Waals surface area contributed by atoms with Gasteiger partial charge < -0.3 is 4.74 Å². The third kappa shape index (κ3) is 6.86. The van der Waals surface area contributed by atoms with Gasteiger partial charge in [-0.25, -0.2) is 8.78 Å². The van der Waals surface area contributed by atoms with Crippen LogP contribution in [0, 0.1) is 29.4 Å². The number of hydrogen-bond donors (Lipinski definition) is 0. The first-order chi connectivity index (χ1) is 18.5. The van der Waals surface area contributed by atoms with Crippen LogP contribution in [0.4, 0.5) is 20.2 Å². The minimum absolute atomic E-state index is 0.134. The average Bonchev–Trinajstić information content (AvgIpc) is 2.93. The van der Waals surface area contributed by atoms with E-state index >= 15 is 4.39 Å². The van der Waals surface area contributed by atoms with Crippen LogP contribution in [-0.4, -0.2) is 6.61 Å². The van der Waals surface area contributed by atoms with E-state index in [0.29, 0.717) is 36.6 Å². The summed E-state index contributed by atoms with van der Waals surface area (Å²) >= 11 is 0. The zero-order chi connectivity index (χ0) is 26.9. The molecule has 1 unspecified atom stereocenters. The number of halogens is 2. The molecular formula is C33H36F2N2O. The number of nitrogens with zero attached hydrogens (tertiary/aromatic N) is 2. The Morgan fingerprint density at radius 1 is 0.921 bits per heavy atom. The van der Waals surface area contributed by atoms with Crippen molar-refractivity contribution in [2.24, 2.45) is 16.1 Å². The fraction of sp³-hybridized carbons (Fsp3) is 0.394. The zero-order valence-electron chi connectivity index (χ0n) is 22.6. The molecule has 0 aliphatic heterocycles. The summed E-state index contributed by atoms with van der Waals surface area (Å²) < 4.78 is 35.8. The number of azo groups is 1. The minimum atomic E-state index is -0.573. The van der Waals surface area contributed by atoms with Crippen LogP contribution in [0.25, 0.3) is 0 Å². The van der Waals surface area contributed by atoms with E-state index in [1.165, 1.54) is 6.07 Å². The molecule has 0 amide bonds. The summed E-state index contributed by atoms with van der Waals surface area (Å²) in [6, 6.07) is 14.6. The first-order valence-corrected chi connectivity index (χ1v) is 13.8. The summed E-state index contributed by atoms with van der Waals surface area (Å²) in [6.07, 6.45) is 7.37. The van der Waals surface area contributed by atoms with Gasteiger partial charge in [0.1, 0.15) is 17.4 Å². The molecule has 0 fully saturated rings. The number of unbranched alkanes of at least 4 members (excludes halogenated alkanes) is 1. The number of benzene rings is 3. The molecule has 198 valence electrons. The second-order valence-electron chi connectivity index (χ2n) is 9.92. The molecular weight excluding hydrogens is 478 g/mol. The maximum absolute atomic E-state index is 15.3. The molecule has 3 nitrogen and oxygen atoms in total. The highest BCUT2D eigenvalue weighted by Crippen LogP contribution is 2.32. The van der Waals surface area contributed by atoms with Crippen molar-refractivity contribution in [1.82, 2.24) is 0 Å². The summed E-state index contributed by atoms with van der Waals surface area (Å²) in [4.78, 5) is 0. The number of ether oxygens (including phenoxy) is 1. The van der Waals surface area contributed by atoms with Crippen LogP contribution in [0.15, 0.2) is 58.8 Å². The van der Waals surface area contributed by atoms with Crippen molar-refractivity contribution in [3.63, 3.8) is 0 Å². The summed E-state index contributed by atoms with van der Waals surface area (Å²) in [5.41, 5.74) is 4.42. The van der Waals surface area contributed by atoms with Gasteiger partial charge in [-0.2, -0.15) is 10.2 Å². The van der Waals surface area contributed by atoms with Crippen LogP contribution in [0.2, 0.25) is 0 Å². The van der Waals surface area contributed by atoms with Crippen LogP contribution in [0.3, 0.4) is 0 Å². The van der Waals surface area contributed by atoms with Gasteiger partial charge in [0.25, 0.3) is 0 Å². The van der Waals surface area contributed by atoms with E-state index in [2.05, 4.69) is 35.9 Å². The number of hydrogen-bond acceptors (Lipinski definition) is 3. The first-order valence-electron chi connectivity index (χ1n) is 13.8. The van der Waals surface area contributed by atoms with Gasteiger partial charge in [-0.15, -0.1) is 0 Å². The number of fused-ring (bicyclic) bond motifs is 1. The predicted octanol–water partition coefficient (Wildman–Crippen LogP) is 9.43. The molecule has 0 heterocycles. The molecule has 0 bridgehead atoms. The molecule has 38 heavy (non-hydrogen) atoms. The van der Waals surface area contributed by atoms with E-state index in [0.717, 1.165) is 66.7 Å². The largest absolute Gasteiger partial charge is 0.494 e. The molecule has 0 N–H and O–H groups in total. The molecule has 3 aromatic rings. The molecule has 0 aromatic heterocycles. The van der Waals surface area contributed by atoms with Gasteiger partial charge in [-0.05, 0) is 103 Å². The van der Waals surface area contributed by atoms with Gasteiger partial charge in [0.15, 0.2) is 0 Å². The van der Waals surface area contributed by atoms with Crippen molar-refractivity contribution in [3.05, 3.63) is 88.0 Å². The maximum atomic E-state index is 15.3. The van der Waals surface area contributed by atoms with Crippen molar-refractivity contribution in [1.29, 1.82) is 0 Å². The average molecular weight is 515 g/mol. The molecule has 4 rings (SSSR count). The topological polar surface area (TPSA) is 34.0 Å². The van der Waals surface area contributed by atoms with E-state index in [9.17, 15) is 4.39 Å². The van der Waals surface area contributed by atoms with E-state index in [4.69, 9.17) is 4.74 Å². The Hall–Kier alpha value is -3.52. The van der Waals surface area contributed by atoms with Gasteiger partial charge in [0.05, 0.1) is 23.5 Å². The fourth-order valence-electron chi connectivity index (χ4n) is 4.94. The van der Waals surface area contributed by atoms with Gasteiger partial charge in [-0.3, -0.25) is 0 Å². The van der Waals surface area contributed by atoms with Crippen molar-refractivity contribution in [3.8, 4) is 17.6 Å². The lowest BCUT2D eigenvalue weighted by molar-refractivity contribution is 0.309. The second kappa shape index (κ2) is 13.3. The Labute approximate surface area is 225 Å². The molecule has 5 heteroatoms. The van der Waals surface area contributed by atoms with E-state index in [1.807, 2.05) is 49.4 Å². The van der Waals surface area contributed by atoms with Crippen molar-refractivity contribution in [2.45, 2.75) is 72.1 Å². The third-order valence-corrected chi connectivity index (χ3v) is 7.10. The monoisotopic (exact) mass is 514 g/mol. The summed E-state index contributed by atoms with van der Waals surface area (Å²) in [5, 5.41) is 8.69. The lowest BCUT2D eigenvalue weighted by Crippen LogP contribution is -2.17. The van der Waals surface area contributed by atoms with Gasteiger partial charge in [0.2, 0.25) is 0 Å². The molecule has 3 aromatic carbocycles. The zero-order valence-corrected chi connectivity index (χ0v) is 22.6. The molecule has 1 atom stereocenters.